The molecule has 1 fully saturated rings. The molecule has 0 aromatic carbocycles. The van der Waals surface area contributed by atoms with Crippen LogP contribution in [0, 0.1) is 0 Å². The van der Waals surface area contributed by atoms with Crippen LogP contribution in [-0.2, 0) is 21.6 Å². The van der Waals surface area contributed by atoms with Gasteiger partial charge in [-0.1, -0.05) is 0 Å². The fourth-order valence-corrected chi connectivity index (χ4v) is 2.11. The highest BCUT2D eigenvalue weighted by Gasteiger charge is 2.41. The van der Waals surface area contributed by atoms with E-state index in [1.165, 1.54) is 6.42 Å². The topological polar surface area (TPSA) is 59.2 Å². The normalized spacial score (nSPS) is 18.0. The zero-order valence-corrected chi connectivity index (χ0v) is 10.6. The monoisotopic (exact) mass is 239 g/mol. The third-order valence-electron chi connectivity index (χ3n) is 3.41. The standard InChI is InChI=1S/C12H21N3O2/c1-16-7-6-13-8-10-9-14-11(15-10)12(17-2)4-3-5-12/h9,13H,3-8H2,1-2H3,(H,14,15). The summed E-state index contributed by atoms with van der Waals surface area (Å²) in [5.41, 5.74) is 0.949. The molecule has 0 radical (unpaired) electrons. The lowest BCUT2D eigenvalue weighted by Gasteiger charge is -2.38. The maximum Gasteiger partial charge on any atom is 0.138 e. The summed E-state index contributed by atoms with van der Waals surface area (Å²) in [6.45, 7) is 2.36. The molecule has 0 aliphatic heterocycles. The van der Waals surface area contributed by atoms with Crippen LogP contribution in [-0.4, -0.2) is 37.3 Å². The van der Waals surface area contributed by atoms with E-state index in [9.17, 15) is 0 Å². The van der Waals surface area contributed by atoms with Gasteiger partial charge in [0.15, 0.2) is 0 Å². The molecule has 0 spiro atoms. The summed E-state index contributed by atoms with van der Waals surface area (Å²) in [7, 11) is 3.47. The van der Waals surface area contributed by atoms with Gasteiger partial charge in [0.25, 0.3) is 0 Å². The number of imidazole rings is 1. The van der Waals surface area contributed by atoms with Crippen LogP contribution < -0.4 is 5.32 Å². The second-order valence-corrected chi connectivity index (χ2v) is 4.48. The van der Waals surface area contributed by atoms with E-state index in [1.807, 2.05) is 6.20 Å². The molecule has 0 unspecified atom stereocenters. The number of hydrogen-bond acceptors (Lipinski definition) is 4. The van der Waals surface area contributed by atoms with Crippen LogP contribution in [0.3, 0.4) is 0 Å². The number of nitrogens with one attached hydrogen (secondary N) is 2. The Morgan fingerprint density at radius 2 is 2.29 bits per heavy atom. The largest absolute Gasteiger partial charge is 0.383 e. The predicted octanol–water partition coefficient (Wildman–Crippen LogP) is 1.17. The zero-order valence-electron chi connectivity index (χ0n) is 10.6. The van der Waals surface area contributed by atoms with Gasteiger partial charge in [-0.25, -0.2) is 4.98 Å². The summed E-state index contributed by atoms with van der Waals surface area (Å²) in [5.74, 6) is 0.967. The first-order chi connectivity index (χ1) is 8.30. The number of H-pyrrole nitrogens is 1. The van der Waals surface area contributed by atoms with E-state index in [1.54, 1.807) is 14.2 Å². The maximum atomic E-state index is 5.58. The molecule has 5 nitrogen and oxygen atoms in total. The van der Waals surface area contributed by atoms with Gasteiger partial charge in [0.1, 0.15) is 11.4 Å². The Balaban J connectivity index is 1.87. The number of aromatic nitrogens is 2. The number of hydrogen-bond donors (Lipinski definition) is 2. The first-order valence-electron chi connectivity index (χ1n) is 6.10. The minimum atomic E-state index is -0.148. The molecular formula is C12H21N3O2. The molecule has 17 heavy (non-hydrogen) atoms. The SMILES string of the molecule is COCCNCc1cnc(C2(OC)CCC2)[nH]1. The van der Waals surface area contributed by atoms with Gasteiger partial charge in [0.2, 0.25) is 0 Å². The number of methoxy groups -OCH3 is 2. The molecule has 1 aromatic heterocycles. The van der Waals surface area contributed by atoms with E-state index >= 15 is 0 Å². The minimum absolute atomic E-state index is 0.148. The van der Waals surface area contributed by atoms with Crippen LogP contribution in [0.25, 0.3) is 0 Å². The number of nitrogens with zero attached hydrogens (tertiary/aromatic N) is 1. The van der Waals surface area contributed by atoms with E-state index in [2.05, 4.69) is 15.3 Å². The van der Waals surface area contributed by atoms with Crippen LogP contribution in [0.4, 0.5) is 0 Å². The molecule has 5 heteroatoms. The molecule has 1 heterocycles. The molecule has 2 N–H and O–H groups in total. The van der Waals surface area contributed by atoms with Gasteiger partial charge in [0.05, 0.1) is 6.61 Å². The Kier molecular flexibility index (Phi) is 4.15. The first kappa shape index (κ1) is 12.5. The van der Waals surface area contributed by atoms with Crippen molar-refractivity contribution >= 4 is 0 Å². The quantitative estimate of drug-likeness (QED) is 0.701. The summed E-state index contributed by atoms with van der Waals surface area (Å²) < 4.78 is 10.6. The molecule has 1 aromatic rings. The lowest BCUT2D eigenvalue weighted by Crippen LogP contribution is -2.37. The van der Waals surface area contributed by atoms with Crippen molar-refractivity contribution in [3.05, 3.63) is 17.7 Å². The smallest absolute Gasteiger partial charge is 0.138 e. The van der Waals surface area contributed by atoms with Crippen molar-refractivity contribution < 1.29 is 9.47 Å². The molecule has 0 saturated heterocycles. The number of ether oxygens (including phenoxy) is 2. The highest BCUT2D eigenvalue weighted by Crippen LogP contribution is 2.42. The molecule has 1 aliphatic carbocycles. The molecule has 0 amide bonds. The van der Waals surface area contributed by atoms with E-state index < -0.39 is 0 Å². The Bertz CT molecular complexity index is 342. The van der Waals surface area contributed by atoms with Gasteiger partial charge < -0.3 is 19.8 Å². The van der Waals surface area contributed by atoms with Gasteiger partial charge in [-0.05, 0) is 19.3 Å². The Hall–Kier alpha value is -0.910. The summed E-state index contributed by atoms with van der Waals surface area (Å²) in [5, 5.41) is 3.28. The molecule has 96 valence electrons. The summed E-state index contributed by atoms with van der Waals surface area (Å²) in [6.07, 6.45) is 5.23. The van der Waals surface area contributed by atoms with E-state index in [0.29, 0.717) is 0 Å². The Labute approximate surface area is 102 Å². The zero-order chi connectivity index (χ0) is 12.1. The maximum absolute atomic E-state index is 5.58. The highest BCUT2D eigenvalue weighted by molar-refractivity contribution is 5.12. The van der Waals surface area contributed by atoms with Crippen LogP contribution in [0.5, 0.6) is 0 Å². The van der Waals surface area contributed by atoms with Gasteiger partial charge in [-0.15, -0.1) is 0 Å². The van der Waals surface area contributed by atoms with Gasteiger partial charge in [-0.2, -0.15) is 0 Å². The molecule has 1 saturated carbocycles. The van der Waals surface area contributed by atoms with Crippen LogP contribution in [0.1, 0.15) is 30.8 Å². The van der Waals surface area contributed by atoms with E-state index in [4.69, 9.17) is 9.47 Å². The van der Waals surface area contributed by atoms with Gasteiger partial charge in [0, 0.05) is 39.2 Å². The van der Waals surface area contributed by atoms with Crippen molar-refractivity contribution in [2.75, 3.05) is 27.4 Å². The van der Waals surface area contributed by atoms with Crippen LogP contribution in [0.2, 0.25) is 0 Å². The minimum Gasteiger partial charge on any atom is -0.383 e. The van der Waals surface area contributed by atoms with Crippen molar-refractivity contribution in [3.8, 4) is 0 Å². The number of rotatable bonds is 7. The third-order valence-corrected chi connectivity index (χ3v) is 3.41. The summed E-state index contributed by atoms with van der Waals surface area (Å²) in [4.78, 5) is 7.77. The van der Waals surface area contributed by atoms with E-state index in [-0.39, 0.29) is 5.60 Å². The van der Waals surface area contributed by atoms with E-state index in [0.717, 1.165) is 44.1 Å². The second-order valence-electron chi connectivity index (χ2n) is 4.48. The van der Waals surface area contributed by atoms with Crippen molar-refractivity contribution in [1.82, 2.24) is 15.3 Å². The van der Waals surface area contributed by atoms with Gasteiger partial charge >= 0.3 is 0 Å². The third kappa shape index (κ3) is 2.68. The summed E-state index contributed by atoms with van der Waals surface area (Å²) in [6, 6.07) is 0. The fraction of sp³-hybridized carbons (Fsp3) is 0.750. The van der Waals surface area contributed by atoms with Crippen molar-refractivity contribution in [1.29, 1.82) is 0 Å². The average Bonchev–Trinajstić information content (AvgIpc) is 2.73. The van der Waals surface area contributed by atoms with Crippen LogP contribution >= 0.6 is 0 Å². The molecule has 0 atom stereocenters. The van der Waals surface area contributed by atoms with Crippen molar-refractivity contribution in [2.45, 2.75) is 31.4 Å². The Morgan fingerprint density at radius 1 is 1.47 bits per heavy atom. The lowest BCUT2D eigenvalue weighted by atomic mass is 9.79. The predicted molar refractivity (Wildman–Crippen MR) is 64.7 cm³/mol. The highest BCUT2D eigenvalue weighted by atomic mass is 16.5. The number of aromatic amines is 1. The van der Waals surface area contributed by atoms with Crippen molar-refractivity contribution in [2.24, 2.45) is 0 Å². The lowest BCUT2D eigenvalue weighted by molar-refractivity contribution is -0.0841. The molecule has 1 aliphatic rings. The van der Waals surface area contributed by atoms with Gasteiger partial charge in [-0.3, -0.25) is 0 Å². The second kappa shape index (κ2) is 5.62. The average molecular weight is 239 g/mol. The van der Waals surface area contributed by atoms with Crippen molar-refractivity contribution in [3.63, 3.8) is 0 Å². The molecular weight excluding hydrogens is 218 g/mol. The fourth-order valence-electron chi connectivity index (χ4n) is 2.11. The summed E-state index contributed by atoms with van der Waals surface area (Å²) >= 11 is 0. The molecule has 2 rings (SSSR count). The first-order valence-corrected chi connectivity index (χ1v) is 6.10. The molecule has 0 bridgehead atoms. The van der Waals surface area contributed by atoms with Crippen LogP contribution in [0.15, 0.2) is 6.20 Å². The Morgan fingerprint density at radius 3 is 2.88 bits per heavy atom.